The Morgan fingerprint density at radius 2 is 1.85 bits per heavy atom. The summed E-state index contributed by atoms with van der Waals surface area (Å²) in [7, 11) is 0. The smallest absolute Gasteiger partial charge is 0.126 e. The first-order valence-corrected chi connectivity index (χ1v) is 7.56. The Morgan fingerprint density at radius 1 is 1.15 bits per heavy atom. The number of aliphatic hydroxyl groups excluding tert-OH is 1. The van der Waals surface area contributed by atoms with E-state index in [1.54, 1.807) is 32.0 Å². The number of benzene rings is 2. The predicted octanol–water partition coefficient (Wildman–Crippen LogP) is 5.65. The molecule has 2 rings (SSSR count). The summed E-state index contributed by atoms with van der Waals surface area (Å²) in [6, 6.07) is 8.40. The fraction of sp³-hybridized carbons (Fsp3) is 0.200. The van der Waals surface area contributed by atoms with Crippen molar-refractivity contribution in [3.63, 3.8) is 0 Å². The van der Waals surface area contributed by atoms with E-state index in [0.717, 1.165) is 9.79 Å². The van der Waals surface area contributed by atoms with Gasteiger partial charge < -0.3 is 5.11 Å². The number of aliphatic hydroxyl groups is 1. The van der Waals surface area contributed by atoms with Gasteiger partial charge in [-0.2, -0.15) is 0 Å². The summed E-state index contributed by atoms with van der Waals surface area (Å²) in [6.07, 6.45) is -0.740. The molecule has 0 unspecified atom stereocenters. The highest BCUT2D eigenvalue weighted by Crippen LogP contribution is 2.37. The Morgan fingerprint density at radius 3 is 2.45 bits per heavy atom. The third-order valence-corrected chi connectivity index (χ3v) is 4.66. The number of hydrogen-bond acceptors (Lipinski definition) is 2. The van der Waals surface area contributed by atoms with Gasteiger partial charge in [-0.3, -0.25) is 0 Å². The van der Waals surface area contributed by atoms with Crippen LogP contribution in [-0.4, -0.2) is 5.11 Å². The van der Waals surface area contributed by atoms with Crippen LogP contribution >= 0.6 is 35.0 Å². The molecule has 1 atom stereocenters. The van der Waals surface area contributed by atoms with Crippen LogP contribution in [0.5, 0.6) is 0 Å². The zero-order chi connectivity index (χ0) is 14.9. The van der Waals surface area contributed by atoms with E-state index in [9.17, 15) is 9.50 Å². The normalized spacial score (nSPS) is 12.5. The van der Waals surface area contributed by atoms with Crippen LogP contribution in [-0.2, 0) is 0 Å². The molecular weight excluding hydrogens is 318 g/mol. The molecule has 0 heterocycles. The average molecular weight is 331 g/mol. The molecule has 0 aliphatic carbocycles. The van der Waals surface area contributed by atoms with Crippen LogP contribution in [0, 0.1) is 12.7 Å². The van der Waals surface area contributed by atoms with Gasteiger partial charge in [-0.05, 0) is 55.3 Å². The zero-order valence-electron chi connectivity index (χ0n) is 11.0. The van der Waals surface area contributed by atoms with Gasteiger partial charge in [0.2, 0.25) is 0 Å². The lowest BCUT2D eigenvalue weighted by Crippen LogP contribution is -1.97. The van der Waals surface area contributed by atoms with Crippen molar-refractivity contribution in [2.45, 2.75) is 29.7 Å². The standard InChI is InChI=1S/C15H13Cl2FOS/c1-8-5-15(11(9(2)19)7-14(8)18)20-10-3-4-12(16)13(17)6-10/h3-7,9,19H,1-2H3/t9-/m1/s1. The van der Waals surface area contributed by atoms with Gasteiger partial charge in [0.1, 0.15) is 5.82 Å². The fourth-order valence-electron chi connectivity index (χ4n) is 1.75. The van der Waals surface area contributed by atoms with Crippen molar-refractivity contribution in [3.8, 4) is 0 Å². The molecule has 20 heavy (non-hydrogen) atoms. The van der Waals surface area contributed by atoms with E-state index in [1.165, 1.54) is 17.8 Å². The summed E-state index contributed by atoms with van der Waals surface area (Å²) >= 11 is 13.3. The van der Waals surface area contributed by atoms with Gasteiger partial charge in [0.05, 0.1) is 16.1 Å². The Hall–Kier alpha value is -0.740. The van der Waals surface area contributed by atoms with Crippen molar-refractivity contribution >= 4 is 35.0 Å². The summed E-state index contributed by atoms with van der Waals surface area (Å²) in [5, 5.41) is 10.7. The van der Waals surface area contributed by atoms with Gasteiger partial charge in [0.15, 0.2) is 0 Å². The van der Waals surface area contributed by atoms with Gasteiger partial charge in [0.25, 0.3) is 0 Å². The first-order valence-electron chi connectivity index (χ1n) is 5.99. The molecule has 2 aromatic carbocycles. The second kappa shape index (κ2) is 6.35. The molecule has 0 saturated heterocycles. The molecule has 0 aromatic heterocycles. The number of rotatable bonds is 3. The second-order valence-corrected chi connectivity index (χ2v) is 6.42. The molecule has 1 N–H and O–H groups in total. The summed E-state index contributed by atoms with van der Waals surface area (Å²) in [5.41, 5.74) is 1.10. The lowest BCUT2D eigenvalue weighted by Gasteiger charge is -2.13. The van der Waals surface area contributed by atoms with Crippen molar-refractivity contribution in [2.24, 2.45) is 0 Å². The Balaban J connectivity index is 2.41. The molecule has 0 amide bonds. The molecular formula is C15H13Cl2FOS. The van der Waals surface area contributed by atoms with Crippen LogP contribution in [0.2, 0.25) is 10.0 Å². The Kier molecular flexibility index (Phi) is 4.97. The van der Waals surface area contributed by atoms with Gasteiger partial charge in [-0.25, -0.2) is 4.39 Å². The van der Waals surface area contributed by atoms with E-state index >= 15 is 0 Å². The van der Waals surface area contributed by atoms with E-state index in [1.807, 2.05) is 6.07 Å². The van der Waals surface area contributed by atoms with Crippen LogP contribution in [0.4, 0.5) is 4.39 Å². The van der Waals surface area contributed by atoms with Gasteiger partial charge in [-0.1, -0.05) is 35.0 Å². The van der Waals surface area contributed by atoms with E-state index in [2.05, 4.69) is 0 Å². The largest absolute Gasteiger partial charge is 0.389 e. The zero-order valence-corrected chi connectivity index (χ0v) is 13.3. The third-order valence-electron chi connectivity index (χ3n) is 2.86. The van der Waals surface area contributed by atoms with Crippen molar-refractivity contribution in [1.29, 1.82) is 0 Å². The predicted molar refractivity (Wildman–Crippen MR) is 82.4 cm³/mol. The molecule has 0 bridgehead atoms. The van der Waals surface area contributed by atoms with Crippen LogP contribution in [0.3, 0.4) is 0 Å². The number of aryl methyl sites for hydroxylation is 1. The lowest BCUT2D eigenvalue weighted by atomic mass is 10.1. The minimum absolute atomic E-state index is 0.320. The average Bonchev–Trinajstić information content (AvgIpc) is 2.37. The summed E-state index contributed by atoms with van der Waals surface area (Å²) in [5.74, 6) is -0.320. The van der Waals surface area contributed by atoms with Gasteiger partial charge in [0, 0.05) is 9.79 Å². The van der Waals surface area contributed by atoms with Gasteiger partial charge in [-0.15, -0.1) is 0 Å². The maximum atomic E-state index is 13.6. The SMILES string of the molecule is Cc1cc(Sc2ccc(Cl)c(Cl)c2)c([C@@H](C)O)cc1F. The van der Waals surface area contributed by atoms with Crippen LogP contribution in [0.15, 0.2) is 40.1 Å². The van der Waals surface area contributed by atoms with Crippen LogP contribution < -0.4 is 0 Å². The first kappa shape index (κ1) is 15.6. The molecule has 0 fully saturated rings. The molecule has 106 valence electrons. The lowest BCUT2D eigenvalue weighted by molar-refractivity contribution is 0.196. The van der Waals surface area contributed by atoms with Crippen molar-refractivity contribution in [1.82, 2.24) is 0 Å². The molecule has 2 aromatic rings. The van der Waals surface area contributed by atoms with Crippen molar-refractivity contribution in [3.05, 3.63) is 57.3 Å². The molecule has 1 nitrogen and oxygen atoms in total. The van der Waals surface area contributed by atoms with E-state index in [0.29, 0.717) is 21.2 Å². The van der Waals surface area contributed by atoms with Crippen LogP contribution in [0.1, 0.15) is 24.2 Å². The fourth-order valence-corrected chi connectivity index (χ4v) is 3.27. The quantitative estimate of drug-likeness (QED) is 0.785. The minimum Gasteiger partial charge on any atom is -0.389 e. The number of hydrogen-bond donors (Lipinski definition) is 1. The van der Waals surface area contributed by atoms with Crippen molar-refractivity contribution in [2.75, 3.05) is 0 Å². The highest BCUT2D eigenvalue weighted by atomic mass is 35.5. The molecule has 0 radical (unpaired) electrons. The monoisotopic (exact) mass is 330 g/mol. The van der Waals surface area contributed by atoms with E-state index in [-0.39, 0.29) is 5.82 Å². The van der Waals surface area contributed by atoms with E-state index in [4.69, 9.17) is 23.2 Å². The maximum Gasteiger partial charge on any atom is 0.126 e. The van der Waals surface area contributed by atoms with Crippen molar-refractivity contribution < 1.29 is 9.50 Å². The number of halogens is 3. The molecule has 0 aliphatic heterocycles. The second-order valence-electron chi connectivity index (χ2n) is 4.49. The summed E-state index contributed by atoms with van der Waals surface area (Å²) in [6.45, 7) is 3.31. The molecule has 5 heteroatoms. The minimum atomic E-state index is -0.740. The highest BCUT2D eigenvalue weighted by molar-refractivity contribution is 7.99. The summed E-state index contributed by atoms with van der Waals surface area (Å²) in [4.78, 5) is 1.68. The first-order chi connectivity index (χ1) is 9.38. The highest BCUT2D eigenvalue weighted by Gasteiger charge is 2.13. The molecule has 0 spiro atoms. The topological polar surface area (TPSA) is 20.2 Å². The van der Waals surface area contributed by atoms with E-state index < -0.39 is 6.10 Å². The maximum absolute atomic E-state index is 13.6. The Labute approximate surface area is 131 Å². The van der Waals surface area contributed by atoms with Gasteiger partial charge >= 0.3 is 0 Å². The Bertz CT molecular complexity index is 644. The summed E-state index contributed by atoms with van der Waals surface area (Å²) < 4.78 is 13.6. The van der Waals surface area contributed by atoms with Crippen LogP contribution in [0.25, 0.3) is 0 Å². The molecule has 0 aliphatic rings. The molecule has 0 saturated carbocycles. The third kappa shape index (κ3) is 3.47.